The first-order chi connectivity index (χ1) is 9.65. The lowest BCUT2D eigenvalue weighted by Crippen LogP contribution is -2.48. The summed E-state index contributed by atoms with van der Waals surface area (Å²) in [5.74, 6) is 0. The van der Waals surface area contributed by atoms with Gasteiger partial charge in [0.2, 0.25) is 0 Å². The molecule has 0 aliphatic heterocycles. The van der Waals surface area contributed by atoms with Crippen LogP contribution in [-0.4, -0.2) is 30.5 Å². The molecule has 1 aromatic carbocycles. The Kier molecular flexibility index (Phi) is 8.46. The maximum absolute atomic E-state index is 9.88. The average molecular weight is 280 g/mol. The van der Waals surface area contributed by atoms with Crippen molar-refractivity contribution in [2.24, 2.45) is 5.73 Å². The minimum atomic E-state index is -0.713. The highest BCUT2D eigenvalue weighted by atomic mass is 16.5. The van der Waals surface area contributed by atoms with Gasteiger partial charge < -0.3 is 15.6 Å². The van der Waals surface area contributed by atoms with Crippen molar-refractivity contribution in [1.29, 1.82) is 0 Å². The van der Waals surface area contributed by atoms with Crippen LogP contribution in [0.5, 0.6) is 0 Å². The molecule has 0 aromatic heterocycles. The molecule has 4 heteroatoms. The number of benzene rings is 1. The fraction of sp³-hybridized carbons (Fsp3) is 0.625. The van der Waals surface area contributed by atoms with Crippen LogP contribution in [0.25, 0.3) is 0 Å². The SMILES string of the molecule is CCCCCNC(O)[C@H](N)CO[C@H](C)c1ccccc1. The van der Waals surface area contributed by atoms with Gasteiger partial charge in [0.05, 0.1) is 18.8 Å². The van der Waals surface area contributed by atoms with Crippen LogP contribution in [0.3, 0.4) is 0 Å². The van der Waals surface area contributed by atoms with E-state index < -0.39 is 12.3 Å². The Hall–Kier alpha value is -0.940. The highest BCUT2D eigenvalue weighted by Gasteiger charge is 2.15. The third kappa shape index (κ3) is 6.48. The molecule has 4 N–H and O–H groups in total. The van der Waals surface area contributed by atoms with E-state index in [1.165, 1.54) is 6.42 Å². The second-order valence-corrected chi connectivity index (χ2v) is 5.16. The second-order valence-electron chi connectivity index (χ2n) is 5.16. The van der Waals surface area contributed by atoms with Gasteiger partial charge in [-0.3, -0.25) is 5.32 Å². The Morgan fingerprint density at radius 2 is 1.95 bits per heavy atom. The Morgan fingerprint density at radius 1 is 1.25 bits per heavy atom. The molecule has 20 heavy (non-hydrogen) atoms. The van der Waals surface area contributed by atoms with Gasteiger partial charge in [0, 0.05) is 0 Å². The number of nitrogens with one attached hydrogen (secondary N) is 1. The molecular weight excluding hydrogens is 252 g/mol. The van der Waals surface area contributed by atoms with Gasteiger partial charge in [0.15, 0.2) is 0 Å². The lowest BCUT2D eigenvalue weighted by Gasteiger charge is -2.22. The molecule has 0 radical (unpaired) electrons. The summed E-state index contributed by atoms with van der Waals surface area (Å²) in [7, 11) is 0. The van der Waals surface area contributed by atoms with Gasteiger partial charge in [-0.05, 0) is 25.5 Å². The van der Waals surface area contributed by atoms with E-state index in [1.54, 1.807) is 0 Å². The van der Waals surface area contributed by atoms with E-state index >= 15 is 0 Å². The van der Waals surface area contributed by atoms with Crippen LogP contribution in [0.2, 0.25) is 0 Å². The zero-order valence-corrected chi connectivity index (χ0v) is 12.6. The van der Waals surface area contributed by atoms with Gasteiger partial charge in [-0.2, -0.15) is 0 Å². The van der Waals surface area contributed by atoms with Crippen LogP contribution in [0.1, 0.15) is 44.8 Å². The standard InChI is InChI=1S/C16H28N2O2/c1-3-4-8-11-18-16(19)15(17)12-20-13(2)14-9-6-5-7-10-14/h5-7,9-10,13,15-16,18-19H,3-4,8,11-12,17H2,1-2H3/t13-,15-,16?/m1/s1. The van der Waals surface area contributed by atoms with Crippen LogP contribution < -0.4 is 11.1 Å². The lowest BCUT2D eigenvalue weighted by atomic mass is 10.1. The van der Waals surface area contributed by atoms with E-state index in [2.05, 4.69) is 12.2 Å². The van der Waals surface area contributed by atoms with E-state index in [1.807, 2.05) is 37.3 Å². The van der Waals surface area contributed by atoms with E-state index in [-0.39, 0.29) is 6.10 Å². The molecule has 0 aliphatic carbocycles. The number of aliphatic hydroxyl groups is 1. The first kappa shape index (κ1) is 17.1. The first-order valence-electron chi connectivity index (χ1n) is 7.48. The van der Waals surface area contributed by atoms with Crippen LogP contribution in [0.4, 0.5) is 0 Å². The molecule has 4 nitrogen and oxygen atoms in total. The van der Waals surface area contributed by atoms with Gasteiger partial charge in [0.25, 0.3) is 0 Å². The number of rotatable bonds is 10. The van der Waals surface area contributed by atoms with Crippen LogP contribution in [-0.2, 0) is 4.74 Å². The smallest absolute Gasteiger partial charge is 0.122 e. The summed E-state index contributed by atoms with van der Waals surface area (Å²) < 4.78 is 5.71. The van der Waals surface area contributed by atoms with Crippen molar-refractivity contribution < 1.29 is 9.84 Å². The van der Waals surface area contributed by atoms with Gasteiger partial charge in [-0.15, -0.1) is 0 Å². The van der Waals surface area contributed by atoms with Crippen LogP contribution >= 0.6 is 0 Å². The molecule has 0 amide bonds. The predicted molar refractivity (Wildman–Crippen MR) is 82.3 cm³/mol. The van der Waals surface area contributed by atoms with E-state index in [0.717, 1.165) is 24.9 Å². The van der Waals surface area contributed by atoms with Crippen molar-refractivity contribution >= 4 is 0 Å². The second kappa shape index (κ2) is 9.88. The van der Waals surface area contributed by atoms with Crippen molar-refractivity contribution in [3.05, 3.63) is 35.9 Å². The Morgan fingerprint density at radius 3 is 2.60 bits per heavy atom. The Bertz CT molecular complexity index is 346. The molecule has 3 atom stereocenters. The monoisotopic (exact) mass is 280 g/mol. The third-order valence-electron chi connectivity index (χ3n) is 3.35. The highest BCUT2D eigenvalue weighted by Crippen LogP contribution is 2.15. The van der Waals surface area contributed by atoms with Gasteiger partial charge in [0.1, 0.15) is 6.23 Å². The molecule has 0 aliphatic rings. The molecule has 0 saturated heterocycles. The zero-order chi connectivity index (χ0) is 14.8. The molecule has 0 spiro atoms. The molecule has 0 heterocycles. The molecule has 0 fully saturated rings. The van der Waals surface area contributed by atoms with Gasteiger partial charge in [-0.1, -0.05) is 50.1 Å². The Labute approximate surface area is 122 Å². The number of hydrogen-bond acceptors (Lipinski definition) is 4. The predicted octanol–water partition coefficient (Wildman–Crippen LogP) is 2.19. The average Bonchev–Trinajstić information content (AvgIpc) is 2.49. The maximum Gasteiger partial charge on any atom is 0.122 e. The fourth-order valence-corrected chi connectivity index (χ4v) is 1.94. The largest absolute Gasteiger partial charge is 0.377 e. The summed E-state index contributed by atoms with van der Waals surface area (Å²) in [6.45, 7) is 5.26. The molecule has 1 rings (SSSR count). The van der Waals surface area contributed by atoms with Crippen molar-refractivity contribution in [3.8, 4) is 0 Å². The fourth-order valence-electron chi connectivity index (χ4n) is 1.94. The van der Waals surface area contributed by atoms with Crippen molar-refractivity contribution in [2.45, 2.75) is 51.5 Å². The maximum atomic E-state index is 9.88. The summed E-state index contributed by atoms with van der Waals surface area (Å²) in [4.78, 5) is 0. The highest BCUT2D eigenvalue weighted by molar-refractivity contribution is 5.16. The van der Waals surface area contributed by atoms with Crippen molar-refractivity contribution in [1.82, 2.24) is 5.32 Å². The molecule has 0 saturated carbocycles. The van der Waals surface area contributed by atoms with E-state index in [0.29, 0.717) is 6.61 Å². The molecule has 1 aromatic rings. The third-order valence-corrected chi connectivity index (χ3v) is 3.35. The molecule has 0 bridgehead atoms. The minimum Gasteiger partial charge on any atom is -0.377 e. The van der Waals surface area contributed by atoms with Gasteiger partial charge in [-0.25, -0.2) is 0 Å². The Balaban J connectivity index is 2.23. The summed E-state index contributed by atoms with van der Waals surface area (Å²) in [5.41, 5.74) is 7.04. The number of unbranched alkanes of at least 4 members (excludes halogenated alkanes) is 2. The number of aliphatic hydroxyl groups excluding tert-OH is 1. The van der Waals surface area contributed by atoms with E-state index in [4.69, 9.17) is 10.5 Å². The first-order valence-corrected chi connectivity index (χ1v) is 7.48. The molecular formula is C16H28N2O2. The number of hydrogen-bond donors (Lipinski definition) is 3. The molecule has 114 valence electrons. The topological polar surface area (TPSA) is 67.5 Å². The van der Waals surface area contributed by atoms with Crippen LogP contribution in [0.15, 0.2) is 30.3 Å². The van der Waals surface area contributed by atoms with Crippen molar-refractivity contribution in [2.75, 3.05) is 13.2 Å². The minimum absolute atomic E-state index is 0.0189. The summed E-state index contributed by atoms with van der Waals surface area (Å²) in [5, 5.41) is 12.9. The van der Waals surface area contributed by atoms with E-state index in [9.17, 15) is 5.11 Å². The van der Waals surface area contributed by atoms with Gasteiger partial charge >= 0.3 is 0 Å². The summed E-state index contributed by atoms with van der Waals surface area (Å²) >= 11 is 0. The lowest BCUT2D eigenvalue weighted by molar-refractivity contribution is 0.0130. The van der Waals surface area contributed by atoms with Crippen LogP contribution in [0, 0.1) is 0 Å². The quantitative estimate of drug-likeness (QED) is 0.454. The molecule has 1 unspecified atom stereocenters. The summed E-state index contributed by atoms with van der Waals surface area (Å²) in [6.07, 6.45) is 2.66. The summed E-state index contributed by atoms with van der Waals surface area (Å²) in [6, 6.07) is 9.58. The number of ether oxygens (including phenoxy) is 1. The zero-order valence-electron chi connectivity index (χ0n) is 12.6. The normalized spacial score (nSPS) is 15.8. The number of nitrogens with two attached hydrogens (primary N) is 1. The van der Waals surface area contributed by atoms with Crippen molar-refractivity contribution in [3.63, 3.8) is 0 Å².